The molecule has 5 N–H and O–H groups in total. The van der Waals surface area contributed by atoms with Crippen LogP contribution < -0.4 is 36.1 Å². The number of hydrogen-bond acceptors (Lipinski definition) is 13. The molecule has 59 heavy (non-hydrogen) atoms. The lowest BCUT2D eigenvalue weighted by Crippen LogP contribution is -2.44. The predicted molar refractivity (Wildman–Crippen MR) is 207 cm³/mol. The number of hydrogen-bond donors (Lipinski definition) is 5. The van der Waals surface area contributed by atoms with Crippen LogP contribution in [0.15, 0.2) is 97.2 Å². The van der Waals surface area contributed by atoms with E-state index in [9.17, 15) is 32.3 Å². The van der Waals surface area contributed by atoms with Crippen molar-refractivity contribution in [2.45, 2.75) is 37.0 Å². The number of rotatable bonds is 16. The van der Waals surface area contributed by atoms with Crippen LogP contribution in [0.5, 0.6) is 17.6 Å². The van der Waals surface area contributed by atoms with Crippen LogP contribution in [0.4, 0.5) is 36.4 Å². The topological polar surface area (TPSA) is 208 Å². The number of amides is 3. The molecule has 16 nitrogen and oxygen atoms in total. The Labute approximate surface area is 339 Å². The number of nitrogens with zero attached hydrogens (tertiary/aromatic N) is 4. The summed E-state index contributed by atoms with van der Waals surface area (Å²) in [5.74, 6) is -2.91. The maximum atomic E-state index is 13.2. The molecule has 1 atom stereocenters. The number of alkyl halides is 3. The summed E-state index contributed by atoms with van der Waals surface area (Å²) in [6, 6.07) is 22.6. The number of aromatic nitrogens is 4. The number of nitrogens with one attached hydrogen (secondary N) is 5. The van der Waals surface area contributed by atoms with Crippen molar-refractivity contribution in [3.63, 3.8) is 0 Å². The van der Waals surface area contributed by atoms with Crippen LogP contribution in [-0.4, -0.2) is 76.1 Å². The summed E-state index contributed by atoms with van der Waals surface area (Å²) in [6.45, 7) is -1.81. The molecule has 3 amide bonds. The highest BCUT2D eigenvalue weighted by Gasteiger charge is 2.45. The van der Waals surface area contributed by atoms with E-state index < -0.39 is 54.1 Å². The number of pyridine rings is 1. The number of ether oxygens (including phenoxy) is 3. The summed E-state index contributed by atoms with van der Waals surface area (Å²) < 4.78 is 54.3. The average Bonchev–Trinajstić information content (AvgIpc) is 4.00. The lowest BCUT2D eigenvalue weighted by atomic mass is 10.1. The average molecular weight is 834 g/mol. The van der Waals surface area contributed by atoms with Crippen molar-refractivity contribution in [3.8, 4) is 17.6 Å². The van der Waals surface area contributed by atoms with Gasteiger partial charge in [-0.2, -0.15) is 28.1 Å². The Balaban J connectivity index is 1.04. The summed E-state index contributed by atoms with van der Waals surface area (Å²) in [4.78, 5) is 67.2. The summed E-state index contributed by atoms with van der Waals surface area (Å²) in [6.07, 6.45) is -1.81. The molecule has 2 aromatic heterocycles. The second kappa shape index (κ2) is 18.5. The minimum absolute atomic E-state index is 0.0360. The Kier molecular flexibility index (Phi) is 13.0. The van der Waals surface area contributed by atoms with Gasteiger partial charge in [0.15, 0.2) is 6.61 Å². The molecule has 0 unspecified atom stereocenters. The zero-order chi connectivity index (χ0) is 42.0. The van der Waals surface area contributed by atoms with Crippen molar-refractivity contribution in [1.82, 2.24) is 30.6 Å². The maximum absolute atomic E-state index is 13.2. The van der Waals surface area contributed by atoms with E-state index in [4.69, 9.17) is 25.8 Å². The summed E-state index contributed by atoms with van der Waals surface area (Å²) in [5.41, 5.74) is 1.07. The number of methoxy groups -OCH3 is 1. The Morgan fingerprint density at radius 3 is 2.29 bits per heavy atom. The first-order chi connectivity index (χ1) is 28.3. The van der Waals surface area contributed by atoms with Gasteiger partial charge >= 0.3 is 30.0 Å². The van der Waals surface area contributed by atoms with Crippen molar-refractivity contribution in [1.29, 1.82) is 0 Å². The highest BCUT2D eigenvalue weighted by Crippen LogP contribution is 2.48. The van der Waals surface area contributed by atoms with E-state index in [1.807, 2.05) is 12.1 Å². The fourth-order valence-corrected chi connectivity index (χ4v) is 5.63. The number of carbonyl (C=O) groups is 4. The molecule has 0 bridgehead atoms. The van der Waals surface area contributed by atoms with E-state index >= 15 is 0 Å². The Morgan fingerprint density at radius 1 is 0.864 bits per heavy atom. The third kappa shape index (κ3) is 12.0. The normalized spacial score (nSPS) is 13.2. The molecular weight excluding hydrogens is 799 g/mol. The summed E-state index contributed by atoms with van der Waals surface area (Å²) in [5, 5.41) is 14.0. The van der Waals surface area contributed by atoms with E-state index in [0.717, 1.165) is 12.7 Å². The van der Waals surface area contributed by atoms with Gasteiger partial charge in [-0.3, -0.25) is 14.4 Å². The number of esters is 1. The molecule has 20 heteroatoms. The van der Waals surface area contributed by atoms with Crippen molar-refractivity contribution in [2.24, 2.45) is 0 Å². The van der Waals surface area contributed by atoms with Crippen LogP contribution >= 0.6 is 11.6 Å². The lowest BCUT2D eigenvalue weighted by Gasteiger charge is -2.19. The molecule has 0 aliphatic heterocycles. The van der Waals surface area contributed by atoms with Gasteiger partial charge in [0.1, 0.15) is 11.8 Å². The first kappa shape index (κ1) is 41.6. The lowest BCUT2D eigenvalue weighted by molar-refractivity contribution is -0.154. The minimum Gasteiger partial charge on any atom is -0.467 e. The largest absolute Gasteiger partial charge is 0.467 e. The zero-order valence-corrected chi connectivity index (χ0v) is 31.8. The first-order valence-corrected chi connectivity index (χ1v) is 18.2. The molecule has 0 radical (unpaired) electrons. The molecular formula is C39H35ClF3N9O7. The van der Waals surface area contributed by atoms with Crippen LogP contribution in [0.2, 0.25) is 5.02 Å². The first-order valence-electron chi connectivity index (χ1n) is 17.8. The van der Waals surface area contributed by atoms with Crippen LogP contribution in [0, 0.1) is 0 Å². The van der Waals surface area contributed by atoms with E-state index in [1.165, 1.54) is 30.3 Å². The van der Waals surface area contributed by atoms with E-state index in [2.05, 4.69) is 46.5 Å². The quantitative estimate of drug-likeness (QED) is 0.0579. The van der Waals surface area contributed by atoms with E-state index in [1.54, 1.807) is 54.7 Å². The molecule has 1 fully saturated rings. The van der Waals surface area contributed by atoms with Crippen LogP contribution in [0.25, 0.3) is 0 Å². The van der Waals surface area contributed by atoms with Gasteiger partial charge in [0, 0.05) is 46.8 Å². The third-order valence-corrected chi connectivity index (χ3v) is 8.80. The van der Waals surface area contributed by atoms with Gasteiger partial charge in [-0.25, -0.2) is 9.78 Å². The Morgan fingerprint density at radius 2 is 1.61 bits per heavy atom. The van der Waals surface area contributed by atoms with Crippen molar-refractivity contribution in [3.05, 3.63) is 113 Å². The van der Waals surface area contributed by atoms with Gasteiger partial charge in [0.05, 0.1) is 12.6 Å². The standard InChI is InChI=1S/C39H35ClF3N9O7/c1-57-34(56)29(16-20-45-32(54)33(55)46-27-5-4-6-28(21-27)59-30-7-2-3-19-44-30)48-31(53)23-8-14-26(15-9-23)47-35-49-36(51-37(50-35)58-22-39(41,42)43)52-38(17-18-38)24-10-12-25(40)13-11-24/h2-15,19,21,29H,16-18,20,22H2,1H3,(H,45,54)(H,46,55)(H,48,53)(H2,47,49,50,51,52)/t29-/m0/s1. The summed E-state index contributed by atoms with van der Waals surface area (Å²) >= 11 is 6.04. The number of halogens is 4. The minimum atomic E-state index is -4.64. The molecule has 1 saturated carbocycles. The number of anilines is 4. The van der Waals surface area contributed by atoms with Crippen molar-refractivity contribution < 1.29 is 46.6 Å². The van der Waals surface area contributed by atoms with E-state index in [-0.39, 0.29) is 36.1 Å². The van der Waals surface area contributed by atoms with E-state index in [0.29, 0.717) is 35.2 Å². The fraction of sp³-hybridized carbons (Fsp3) is 0.231. The third-order valence-electron chi connectivity index (χ3n) is 8.55. The van der Waals surface area contributed by atoms with Gasteiger partial charge in [-0.1, -0.05) is 35.9 Å². The Hall–Kier alpha value is -7.02. The van der Waals surface area contributed by atoms with Crippen molar-refractivity contribution in [2.75, 3.05) is 36.2 Å². The molecule has 6 rings (SSSR count). The molecule has 1 aliphatic carbocycles. The van der Waals surface area contributed by atoms with Gasteiger partial charge in [-0.05, 0) is 79.4 Å². The molecule has 0 spiro atoms. The highest BCUT2D eigenvalue weighted by atomic mass is 35.5. The monoisotopic (exact) mass is 833 g/mol. The zero-order valence-electron chi connectivity index (χ0n) is 31.0. The highest BCUT2D eigenvalue weighted by molar-refractivity contribution is 6.39. The van der Waals surface area contributed by atoms with Crippen LogP contribution in [0.1, 0.15) is 35.2 Å². The predicted octanol–water partition coefficient (Wildman–Crippen LogP) is 5.91. The smallest absolute Gasteiger partial charge is 0.422 e. The fourth-order valence-electron chi connectivity index (χ4n) is 5.50. The van der Waals surface area contributed by atoms with Crippen LogP contribution in [-0.2, 0) is 24.7 Å². The molecule has 5 aromatic rings. The SMILES string of the molecule is COC(=O)[C@H](CCNC(=O)C(=O)Nc1cccc(Oc2ccccn2)c1)NC(=O)c1ccc(Nc2nc(NC3(c4ccc(Cl)cc4)CC3)nc(OCC(F)(F)F)n2)cc1. The van der Waals surface area contributed by atoms with Gasteiger partial charge < -0.3 is 40.8 Å². The number of benzene rings is 3. The molecule has 306 valence electrons. The number of carbonyl (C=O) groups excluding carboxylic acids is 4. The van der Waals surface area contributed by atoms with Gasteiger partial charge in [0.25, 0.3) is 5.91 Å². The second-order valence-corrected chi connectivity index (χ2v) is 13.4. The second-order valence-electron chi connectivity index (χ2n) is 12.9. The summed E-state index contributed by atoms with van der Waals surface area (Å²) in [7, 11) is 1.13. The van der Waals surface area contributed by atoms with Gasteiger partial charge in [-0.15, -0.1) is 0 Å². The Bertz CT molecular complexity index is 2280. The van der Waals surface area contributed by atoms with Gasteiger partial charge in [0.2, 0.25) is 17.8 Å². The van der Waals surface area contributed by atoms with Crippen molar-refractivity contribution >= 4 is 58.6 Å². The molecule has 2 heterocycles. The molecule has 1 aliphatic rings. The molecule has 0 saturated heterocycles. The molecule has 3 aromatic carbocycles. The van der Waals surface area contributed by atoms with Crippen LogP contribution in [0.3, 0.4) is 0 Å². The maximum Gasteiger partial charge on any atom is 0.422 e.